The fourth-order valence-corrected chi connectivity index (χ4v) is 1.66. The summed E-state index contributed by atoms with van der Waals surface area (Å²) in [5, 5.41) is 18.7. The Morgan fingerprint density at radius 3 is 2.28 bits per heavy atom. The lowest BCUT2D eigenvalue weighted by Crippen LogP contribution is -2.30. The number of carbonyl (C=O) groups is 1. The molecule has 1 atom stereocenters. The van der Waals surface area contributed by atoms with Gasteiger partial charge in [0, 0.05) is 5.82 Å². The van der Waals surface area contributed by atoms with Crippen molar-refractivity contribution < 1.29 is 19.6 Å². The average molecular weight is 250 g/mol. The van der Waals surface area contributed by atoms with Gasteiger partial charge in [-0.2, -0.15) is 0 Å². The van der Waals surface area contributed by atoms with E-state index in [-0.39, 0.29) is 6.42 Å². The number of carbonyl (C=O) groups excluding carboxylic acids is 1. The highest BCUT2D eigenvalue weighted by Crippen LogP contribution is 2.22. The topological polar surface area (TPSA) is 66.8 Å². The summed E-state index contributed by atoms with van der Waals surface area (Å²) in [6, 6.07) is 8.93. The smallest absolute Gasteiger partial charge is 0.460 e. The third-order valence-corrected chi connectivity index (χ3v) is 2.39. The lowest BCUT2D eigenvalue weighted by Gasteiger charge is -2.22. The van der Waals surface area contributed by atoms with E-state index in [1.807, 2.05) is 6.07 Å². The van der Waals surface area contributed by atoms with Crippen LogP contribution < -0.4 is 0 Å². The van der Waals surface area contributed by atoms with E-state index in [1.165, 1.54) is 0 Å². The standard InChI is InChI=1S/C13H19BO4/c1-13(2,3)18-12(15)9-11(14(16)17)10-7-5-4-6-8-10/h4-8,11,16-17H,9H2,1-3H3. The molecule has 0 fully saturated rings. The Morgan fingerprint density at radius 1 is 1.28 bits per heavy atom. The number of esters is 1. The van der Waals surface area contributed by atoms with Crippen molar-refractivity contribution in [3.63, 3.8) is 0 Å². The minimum absolute atomic E-state index is 0.0566. The molecule has 1 unspecified atom stereocenters. The first kappa shape index (κ1) is 14.7. The van der Waals surface area contributed by atoms with Gasteiger partial charge in [-0.05, 0) is 26.3 Å². The number of rotatable bonds is 4. The van der Waals surface area contributed by atoms with Gasteiger partial charge in [0.25, 0.3) is 0 Å². The molecule has 18 heavy (non-hydrogen) atoms. The molecule has 0 aliphatic heterocycles. The van der Waals surface area contributed by atoms with Crippen LogP contribution in [-0.4, -0.2) is 28.7 Å². The highest BCUT2D eigenvalue weighted by Gasteiger charge is 2.29. The Balaban J connectivity index is 2.74. The zero-order valence-electron chi connectivity index (χ0n) is 11.0. The number of benzene rings is 1. The van der Waals surface area contributed by atoms with E-state index in [0.29, 0.717) is 5.56 Å². The lowest BCUT2D eigenvalue weighted by atomic mass is 9.67. The lowest BCUT2D eigenvalue weighted by molar-refractivity contribution is -0.155. The van der Waals surface area contributed by atoms with Crippen LogP contribution in [0.3, 0.4) is 0 Å². The van der Waals surface area contributed by atoms with E-state index in [1.54, 1.807) is 45.0 Å². The van der Waals surface area contributed by atoms with Gasteiger partial charge >= 0.3 is 13.1 Å². The van der Waals surface area contributed by atoms with Gasteiger partial charge in [-0.25, -0.2) is 0 Å². The fourth-order valence-electron chi connectivity index (χ4n) is 1.66. The van der Waals surface area contributed by atoms with Gasteiger partial charge in [0.1, 0.15) is 5.60 Å². The molecule has 0 radical (unpaired) electrons. The van der Waals surface area contributed by atoms with Gasteiger partial charge in [0.15, 0.2) is 0 Å². The second-order valence-electron chi connectivity index (χ2n) is 5.22. The number of hydrogen-bond acceptors (Lipinski definition) is 4. The molecule has 0 saturated heterocycles. The summed E-state index contributed by atoms with van der Waals surface area (Å²) >= 11 is 0. The van der Waals surface area contributed by atoms with E-state index in [2.05, 4.69) is 0 Å². The Bertz CT molecular complexity index is 384. The van der Waals surface area contributed by atoms with E-state index in [9.17, 15) is 14.8 Å². The first-order valence-corrected chi connectivity index (χ1v) is 5.92. The Morgan fingerprint density at radius 2 is 1.83 bits per heavy atom. The first-order valence-electron chi connectivity index (χ1n) is 5.92. The second kappa shape index (κ2) is 6.02. The van der Waals surface area contributed by atoms with Gasteiger partial charge in [-0.15, -0.1) is 0 Å². The van der Waals surface area contributed by atoms with E-state index >= 15 is 0 Å². The van der Waals surface area contributed by atoms with Crippen molar-refractivity contribution in [3.05, 3.63) is 35.9 Å². The molecule has 1 aromatic rings. The van der Waals surface area contributed by atoms with Crippen LogP contribution in [0.25, 0.3) is 0 Å². The van der Waals surface area contributed by atoms with Crippen LogP contribution in [0.5, 0.6) is 0 Å². The van der Waals surface area contributed by atoms with Crippen LogP contribution in [0.15, 0.2) is 30.3 Å². The van der Waals surface area contributed by atoms with Crippen molar-refractivity contribution in [2.45, 2.75) is 38.6 Å². The third kappa shape index (κ3) is 4.90. The van der Waals surface area contributed by atoms with Gasteiger partial charge in [-0.1, -0.05) is 30.3 Å². The molecule has 2 N–H and O–H groups in total. The molecule has 98 valence electrons. The van der Waals surface area contributed by atoms with E-state index in [0.717, 1.165) is 0 Å². The van der Waals surface area contributed by atoms with Gasteiger partial charge in [-0.3, -0.25) is 4.79 Å². The maximum Gasteiger partial charge on any atom is 0.460 e. The molecule has 0 spiro atoms. The van der Waals surface area contributed by atoms with Crippen LogP contribution in [-0.2, 0) is 9.53 Å². The number of ether oxygens (including phenoxy) is 1. The van der Waals surface area contributed by atoms with Crippen molar-refractivity contribution >= 4 is 13.1 Å². The summed E-state index contributed by atoms with van der Waals surface area (Å²) in [7, 11) is -1.58. The molecule has 0 bridgehead atoms. The van der Waals surface area contributed by atoms with Gasteiger partial charge in [0.05, 0.1) is 6.42 Å². The maximum atomic E-state index is 11.7. The molecular formula is C13H19BO4. The van der Waals surface area contributed by atoms with Crippen molar-refractivity contribution in [1.29, 1.82) is 0 Å². The molecule has 5 heteroatoms. The summed E-state index contributed by atoms with van der Waals surface area (Å²) in [4.78, 5) is 11.7. The number of hydrogen-bond donors (Lipinski definition) is 2. The minimum Gasteiger partial charge on any atom is -0.460 e. The molecule has 0 aliphatic rings. The molecule has 0 aromatic heterocycles. The highest BCUT2D eigenvalue weighted by atomic mass is 16.6. The zero-order valence-corrected chi connectivity index (χ0v) is 11.0. The van der Waals surface area contributed by atoms with Gasteiger partial charge < -0.3 is 14.8 Å². The molecule has 0 saturated carbocycles. The predicted octanol–water partition coefficient (Wildman–Crippen LogP) is 1.51. The molecule has 4 nitrogen and oxygen atoms in total. The van der Waals surface area contributed by atoms with Crippen molar-refractivity contribution in [2.24, 2.45) is 0 Å². The molecule has 0 amide bonds. The predicted molar refractivity (Wildman–Crippen MR) is 69.8 cm³/mol. The van der Waals surface area contributed by atoms with Crippen LogP contribution in [0.1, 0.15) is 38.6 Å². The normalized spacial score (nSPS) is 12.9. The Labute approximate surface area is 108 Å². The SMILES string of the molecule is CC(C)(C)OC(=O)CC(B(O)O)c1ccccc1. The zero-order chi connectivity index (χ0) is 13.8. The Kier molecular flexibility index (Phi) is 4.93. The molecule has 0 aliphatic carbocycles. The summed E-state index contributed by atoms with van der Waals surface area (Å²) in [6.45, 7) is 5.33. The molecule has 1 aromatic carbocycles. The summed E-state index contributed by atoms with van der Waals surface area (Å²) in [6.07, 6.45) is -0.0566. The van der Waals surface area contributed by atoms with Crippen molar-refractivity contribution in [2.75, 3.05) is 0 Å². The first-order chi connectivity index (χ1) is 8.29. The monoisotopic (exact) mass is 250 g/mol. The van der Waals surface area contributed by atoms with Gasteiger partial charge in [0.2, 0.25) is 0 Å². The quantitative estimate of drug-likeness (QED) is 0.628. The summed E-state index contributed by atoms with van der Waals surface area (Å²) in [5.41, 5.74) is 0.136. The third-order valence-electron chi connectivity index (χ3n) is 2.39. The van der Waals surface area contributed by atoms with Crippen LogP contribution in [0.4, 0.5) is 0 Å². The fraction of sp³-hybridized carbons (Fsp3) is 0.462. The molecule has 0 heterocycles. The van der Waals surface area contributed by atoms with Crippen LogP contribution >= 0.6 is 0 Å². The van der Waals surface area contributed by atoms with Crippen LogP contribution in [0, 0.1) is 0 Å². The Hall–Kier alpha value is -1.33. The van der Waals surface area contributed by atoms with E-state index < -0.39 is 24.5 Å². The molecule has 1 rings (SSSR count). The maximum absolute atomic E-state index is 11.7. The highest BCUT2D eigenvalue weighted by molar-refractivity contribution is 6.43. The van der Waals surface area contributed by atoms with Crippen molar-refractivity contribution in [3.8, 4) is 0 Å². The van der Waals surface area contributed by atoms with E-state index in [4.69, 9.17) is 4.74 Å². The van der Waals surface area contributed by atoms with Crippen LogP contribution in [0.2, 0.25) is 0 Å². The summed E-state index contributed by atoms with van der Waals surface area (Å²) in [5.74, 6) is -1.11. The summed E-state index contributed by atoms with van der Waals surface area (Å²) < 4.78 is 5.18. The second-order valence-corrected chi connectivity index (χ2v) is 5.22. The largest absolute Gasteiger partial charge is 0.460 e. The molecular weight excluding hydrogens is 231 g/mol. The minimum atomic E-state index is -1.58. The average Bonchev–Trinajstić information content (AvgIpc) is 2.24. The van der Waals surface area contributed by atoms with Crippen molar-refractivity contribution in [1.82, 2.24) is 0 Å².